The van der Waals surface area contributed by atoms with Crippen molar-refractivity contribution in [2.75, 3.05) is 0 Å². The van der Waals surface area contributed by atoms with Crippen molar-refractivity contribution in [3.63, 3.8) is 0 Å². The summed E-state index contributed by atoms with van der Waals surface area (Å²) < 4.78 is 40.1. The van der Waals surface area contributed by atoms with Gasteiger partial charge in [0.2, 0.25) is 0 Å². The first-order valence-corrected chi connectivity index (χ1v) is 12.1. The maximum Gasteiger partial charge on any atom is 0.336 e. The molecule has 0 amide bonds. The highest BCUT2D eigenvalue weighted by Crippen LogP contribution is 2.39. The Morgan fingerprint density at radius 3 is 2.06 bits per heavy atom. The van der Waals surface area contributed by atoms with Crippen LogP contribution in [0.1, 0.15) is 79.9 Å². The van der Waals surface area contributed by atoms with Crippen LogP contribution in [0.5, 0.6) is 0 Å². The third kappa shape index (κ3) is 5.58. The molecule has 8 heteroatoms. The molecule has 1 saturated heterocycles. The predicted octanol–water partition coefficient (Wildman–Crippen LogP) is 5.39. The van der Waals surface area contributed by atoms with Crippen LogP contribution in [0.3, 0.4) is 0 Å². The maximum absolute atomic E-state index is 14.9. The van der Waals surface area contributed by atoms with Gasteiger partial charge < -0.3 is 19.7 Å². The Morgan fingerprint density at radius 1 is 0.889 bits per heavy atom. The van der Waals surface area contributed by atoms with Crippen molar-refractivity contribution in [3.05, 3.63) is 70.3 Å². The number of ether oxygens (including phenoxy) is 2. The van der Waals surface area contributed by atoms with Gasteiger partial charge in [0, 0.05) is 11.1 Å². The summed E-state index contributed by atoms with van der Waals surface area (Å²) >= 11 is 0. The lowest BCUT2D eigenvalue weighted by Crippen LogP contribution is -2.36. The van der Waals surface area contributed by atoms with E-state index >= 15 is 0 Å². The monoisotopic (exact) mass is 498 g/mol. The van der Waals surface area contributed by atoms with Crippen molar-refractivity contribution in [1.82, 2.24) is 0 Å². The van der Waals surface area contributed by atoms with Crippen LogP contribution in [0.2, 0.25) is 0 Å². The third-order valence-corrected chi connectivity index (χ3v) is 6.92. The van der Waals surface area contributed by atoms with Crippen molar-refractivity contribution >= 4 is 11.9 Å². The molecular formula is C28H28F2O6. The molecule has 2 aliphatic rings. The molecule has 0 unspecified atom stereocenters. The lowest BCUT2D eigenvalue weighted by molar-refractivity contribution is -0.156. The normalized spacial score (nSPS) is 24.2. The molecule has 2 aromatic rings. The van der Waals surface area contributed by atoms with Gasteiger partial charge in [-0.1, -0.05) is 49.8 Å². The Bertz CT molecular complexity index is 1150. The van der Waals surface area contributed by atoms with Crippen molar-refractivity contribution < 1.29 is 38.1 Å². The molecule has 1 heterocycles. The third-order valence-electron chi connectivity index (χ3n) is 6.92. The van der Waals surface area contributed by atoms with Gasteiger partial charge in [-0.25, -0.2) is 18.4 Å². The highest BCUT2D eigenvalue weighted by molar-refractivity contribution is 5.84. The molecule has 1 saturated carbocycles. The smallest absolute Gasteiger partial charge is 0.336 e. The van der Waals surface area contributed by atoms with E-state index in [1.54, 1.807) is 30.3 Å². The van der Waals surface area contributed by atoms with E-state index < -0.39 is 42.1 Å². The molecule has 4 rings (SSSR count). The molecule has 2 atom stereocenters. The van der Waals surface area contributed by atoms with Gasteiger partial charge in [-0.05, 0) is 61.3 Å². The van der Waals surface area contributed by atoms with Gasteiger partial charge in [-0.3, -0.25) is 0 Å². The average molecular weight is 499 g/mol. The topological polar surface area (TPSA) is 93.1 Å². The van der Waals surface area contributed by atoms with E-state index in [0.717, 1.165) is 32.1 Å². The van der Waals surface area contributed by atoms with E-state index in [4.69, 9.17) is 19.7 Å². The molecule has 0 aromatic heterocycles. The second-order valence-electron chi connectivity index (χ2n) is 9.33. The molecule has 36 heavy (non-hydrogen) atoms. The molecule has 1 aliphatic heterocycles. The van der Waals surface area contributed by atoms with Crippen molar-refractivity contribution in [2.45, 2.75) is 69.9 Å². The number of carboxylic acid groups (broad SMARTS) is 2. The number of hydrogen-bond donors (Lipinski definition) is 2. The molecular weight excluding hydrogens is 470 g/mol. The van der Waals surface area contributed by atoms with E-state index in [1.165, 1.54) is 12.5 Å². The number of halogens is 2. The summed E-state index contributed by atoms with van der Waals surface area (Å²) in [7, 11) is 0. The van der Waals surface area contributed by atoms with Crippen LogP contribution in [-0.4, -0.2) is 34.4 Å². The molecule has 2 aromatic carbocycles. The second-order valence-corrected chi connectivity index (χ2v) is 9.33. The Hall–Kier alpha value is -3.28. The molecule has 2 fully saturated rings. The molecule has 0 spiro atoms. The van der Waals surface area contributed by atoms with E-state index in [-0.39, 0.29) is 11.5 Å². The van der Waals surface area contributed by atoms with Gasteiger partial charge >= 0.3 is 11.9 Å². The fourth-order valence-corrected chi connectivity index (χ4v) is 4.98. The summed E-state index contributed by atoms with van der Waals surface area (Å²) in [6.45, 7) is 2.17. The van der Waals surface area contributed by atoms with Crippen LogP contribution in [0, 0.1) is 29.4 Å². The molecule has 0 bridgehead atoms. The summed E-state index contributed by atoms with van der Waals surface area (Å²) in [6.07, 6.45) is 1.74. The van der Waals surface area contributed by atoms with E-state index in [2.05, 4.69) is 18.8 Å². The van der Waals surface area contributed by atoms with E-state index in [9.17, 15) is 18.4 Å². The minimum atomic E-state index is -1.63. The fraction of sp³-hybridized carbons (Fsp3) is 0.429. The Labute approximate surface area is 208 Å². The number of hydrogen-bond acceptors (Lipinski definition) is 4. The predicted molar refractivity (Wildman–Crippen MR) is 126 cm³/mol. The number of rotatable bonds is 6. The van der Waals surface area contributed by atoms with Gasteiger partial charge in [0.15, 0.2) is 30.1 Å². The summed E-state index contributed by atoms with van der Waals surface area (Å²) in [6, 6.07) is 9.42. The zero-order chi connectivity index (χ0) is 25.8. The highest BCUT2D eigenvalue weighted by Gasteiger charge is 2.46. The van der Waals surface area contributed by atoms with Crippen LogP contribution >= 0.6 is 0 Å². The highest BCUT2D eigenvalue weighted by atomic mass is 19.2. The molecule has 1 aliphatic carbocycles. The zero-order valence-electron chi connectivity index (χ0n) is 19.9. The quantitative estimate of drug-likeness (QED) is 0.519. The zero-order valence-corrected chi connectivity index (χ0v) is 19.9. The minimum Gasteiger partial charge on any atom is -0.479 e. The van der Waals surface area contributed by atoms with Crippen LogP contribution in [0.25, 0.3) is 0 Å². The largest absolute Gasteiger partial charge is 0.479 e. The Morgan fingerprint density at radius 2 is 1.50 bits per heavy atom. The number of carbonyl (C=O) groups is 2. The lowest BCUT2D eigenvalue weighted by Gasteiger charge is -2.29. The lowest BCUT2D eigenvalue weighted by atomic mass is 9.77. The molecule has 6 nitrogen and oxygen atoms in total. The fourth-order valence-electron chi connectivity index (χ4n) is 4.98. The Balaban J connectivity index is 1.44. The van der Waals surface area contributed by atoms with Crippen molar-refractivity contribution in [3.8, 4) is 11.8 Å². The maximum atomic E-state index is 14.9. The summed E-state index contributed by atoms with van der Waals surface area (Å²) in [5.74, 6) is 1.54. The SMILES string of the molecule is CCCC1CCC(c2ccc(C#Cc3ccc(C4O[C@@H](C(=O)O)[C@H](C(=O)O)O4)cc3)c(F)c2F)CC1. The minimum absolute atomic E-state index is 0.0311. The number of carboxylic acids is 2. The van der Waals surface area contributed by atoms with Gasteiger partial charge in [0.25, 0.3) is 0 Å². The average Bonchev–Trinajstić information content (AvgIpc) is 3.33. The molecule has 0 radical (unpaired) electrons. The van der Waals surface area contributed by atoms with E-state index in [0.29, 0.717) is 22.6 Å². The molecule has 2 N–H and O–H groups in total. The summed E-state index contributed by atoms with van der Waals surface area (Å²) in [5, 5.41) is 18.3. The van der Waals surface area contributed by atoms with Crippen molar-refractivity contribution in [1.29, 1.82) is 0 Å². The van der Waals surface area contributed by atoms with Gasteiger partial charge in [-0.15, -0.1) is 0 Å². The van der Waals surface area contributed by atoms with Crippen molar-refractivity contribution in [2.24, 2.45) is 5.92 Å². The van der Waals surface area contributed by atoms with E-state index in [1.807, 2.05) is 0 Å². The first-order valence-electron chi connectivity index (χ1n) is 12.1. The van der Waals surface area contributed by atoms with Crippen LogP contribution in [0.15, 0.2) is 36.4 Å². The standard InChI is InChI=1S/C28H28F2O6/c1-2-3-16-4-9-18(10-5-16)21-15-14-19(22(29)23(21)30)11-6-17-7-12-20(13-8-17)28-35-24(26(31)32)25(36-28)27(33)34/h7-8,12-16,18,24-25,28H,2-5,9-10H2,1H3,(H,31,32)(H,33,34)/t16?,18?,24-,25-/m1/s1. The summed E-state index contributed by atoms with van der Waals surface area (Å²) in [4.78, 5) is 22.4. The van der Waals surface area contributed by atoms with Crippen LogP contribution in [-0.2, 0) is 19.1 Å². The first-order chi connectivity index (χ1) is 17.3. The second kappa shape index (κ2) is 11.2. The van der Waals surface area contributed by atoms with Gasteiger partial charge in [-0.2, -0.15) is 0 Å². The van der Waals surface area contributed by atoms with Gasteiger partial charge in [0.05, 0.1) is 5.56 Å². The summed E-state index contributed by atoms with van der Waals surface area (Å²) in [5.41, 5.74) is 1.30. The number of aliphatic carboxylic acids is 2. The van der Waals surface area contributed by atoms with Crippen LogP contribution < -0.4 is 0 Å². The molecule has 190 valence electrons. The first kappa shape index (κ1) is 25.8. The van der Waals surface area contributed by atoms with Gasteiger partial charge in [0.1, 0.15) is 0 Å². The van der Waals surface area contributed by atoms with Crippen LogP contribution in [0.4, 0.5) is 8.78 Å². The Kier molecular flexibility index (Phi) is 8.02. The number of benzene rings is 2.